The second-order valence-corrected chi connectivity index (χ2v) is 5.66. The molecular weight excluding hydrogens is 257 g/mol. The number of halogens is 1. The van der Waals surface area contributed by atoms with E-state index in [1.54, 1.807) is 6.07 Å². The van der Waals surface area contributed by atoms with E-state index in [2.05, 4.69) is 5.32 Å². The average Bonchev–Trinajstić information content (AvgIpc) is 2.92. The number of rotatable bonds is 6. The first-order chi connectivity index (χ1) is 9.65. The van der Waals surface area contributed by atoms with Crippen molar-refractivity contribution in [2.75, 3.05) is 20.3 Å². The fourth-order valence-electron chi connectivity index (χ4n) is 3.02. The predicted molar refractivity (Wildman–Crippen MR) is 77.3 cm³/mol. The summed E-state index contributed by atoms with van der Waals surface area (Å²) < 4.78 is 18.6. The topological polar surface area (TPSA) is 41.5 Å². The molecule has 1 fully saturated rings. The van der Waals surface area contributed by atoms with Crippen molar-refractivity contribution in [1.82, 2.24) is 5.32 Å². The van der Waals surface area contributed by atoms with E-state index in [1.165, 1.54) is 26.0 Å². The monoisotopic (exact) mass is 281 g/mol. The van der Waals surface area contributed by atoms with Crippen molar-refractivity contribution in [1.29, 1.82) is 0 Å². The third-order valence-corrected chi connectivity index (χ3v) is 4.41. The van der Waals surface area contributed by atoms with Crippen molar-refractivity contribution >= 4 is 0 Å². The Hall–Kier alpha value is -1.13. The van der Waals surface area contributed by atoms with Crippen LogP contribution >= 0.6 is 0 Å². The molecule has 1 aromatic carbocycles. The standard InChI is InChI=1S/C16H24FNO2/c1-11(12-6-7-16(20-2)15(17)8-12)18-9-13-4-3-5-14(13)10-19/h6-8,11,13-14,18-19H,3-5,9-10H2,1-2H3. The third kappa shape index (κ3) is 3.49. The van der Waals surface area contributed by atoms with E-state index < -0.39 is 0 Å². The Morgan fingerprint density at radius 2 is 2.15 bits per heavy atom. The molecule has 0 radical (unpaired) electrons. The van der Waals surface area contributed by atoms with Gasteiger partial charge in [0, 0.05) is 12.6 Å². The van der Waals surface area contributed by atoms with Crippen LogP contribution in [0.3, 0.4) is 0 Å². The zero-order valence-corrected chi connectivity index (χ0v) is 12.2. The first-order valence-corrected chi connectivity index (χ1v) is 7.33. The summed E-state index contributed by atoms with van der Waals surface area (Å²) in [7, 11) is 1.47. The van der Waals surface area contributed by atoms with Gasteiger partial charge in [0.1, 0.15) is 0 Å². The minimum atomic E-state index is -0.326. The molecule has 1 saturated carbocycles. The molecule has 0 bridgehead atoms. The van der Waals surface area contributed by atoms with Crippen molar-refractivity contribution in [3.05, 3.63) is 29.6 Å². The highest BCUT2D eigenvalue weighted by molar-refractivity contribution is 5.30. The molecule has 2 rings (SSSR count). The van der Waals surface area contributed by atoms with Crippen molar-refractivity contribution in [2.24, 2.45) is 11.8 Å². The predicted octanol–water partition coefficient (Wildman–Crippen LogP) is 2.89. The molecule has 0 amide bonds. The third-order valence-electron chi connectivity index (χ3n) is 4.41. The fraction of sp³-hybridized carbons (Fsp3) is 0.625. The molecule has 0 spiro atoms. The summed E-state index contributed by atoms with van der Waals surface area (Å²) in [6.07, 6.45) is 3.49. The van der Waals surface area contributed by atoms with E-state index in [0.29, 0.717) is 11.8 Å². The summed E-state index contributed by atoms with van der Waals surface area (Å²) in [5, 5.41) is 12.8. The minimum Gasteiger partial charge on any atom is -0.494 e. The molecule has 3 nitrogen and oxygen atoms in total. The number of aliphatic hydroxyl groups is 1. The van der Waals surface area contributed by atoms with Crippen molar-refractivity contribution in [3.63, 3.8) is 0 Å². The molecule has 0 aliphatic heterocycles. The van der Waals surface area contributed by atoms with Crippen LogP contribution in [0, 0.1) is 17.7 Å². The average molecular weight is 281 g/mol. The fourth-order valence-corrected chi connectivity index (χ4v) is 3.02. The molecular formula is C16H24FNO2. The van der Waals surface area contributed by atoms with Gasteiger partial charge >= 0.3 is 0 Å². The smallest absolute Gasteiger partial charge is 0.165 e. The summed E-state index contributed by atoms with van der Waals surface area (Å²) in [6, 6.07) is 5.16. The zero-order chi connectivity index (χ0) is 14.5. The van der Waals surface area contributed by atoms with Gasteiger partial charge in [0.25, 0.3) is 0 Å². The molecule has 1 aliphatic carbocycles. The summed E-state index contributed by atoms with van der Waals surface area (Å²) in [5.41, 5.74) is 0.918. The second-order valence-electron chi connectivity index (χ2n) is 5.66. The normalized spacial score (nSPS) is 23.8. The van der Waals surface area contributed by atoms with Gasteiger partial charge in [-0.15, -0.1) is 0 Å². The summed E-state index contributed by atoms with van der Waals surface area (Å²) in [5.74, 6) is 0.901. The molecule has 20 heavy (non-hydrogen) atoms. The Labute approximate surface area is 120 Å². The van der Waals surface area contributed by atoms with E-state index in [9.17, 15) is 9.50 Å². The molecule has 3 unspecified atom stereocenters. The van der Waals surface area contributed by atoms with Gasteiger partial charge in [-0.2, -0.15) is 0 Å². The van der Waals surface area contributed by atoms with E-state index in [4.69, 9.17) is 4.74 Å². The highest BCUT2D eigenvalue weighted by Crippen LogP contribution is 2.31. The number of ether oxygens (including phenoxy) is 1. The number of benzene rings is 1. The maximum Gasteiger partial charge on any atom is 0.165 e. The summed E-state index contributed by atoms with van der Waals surface area (Å²) in [6.45, 7) is 3.18. The van der Waals surface area contributed by atoms with Crippen molar-refractivity contribution in [3.8, 4) is 5.75 Å². The maximum atomic E-state index is 13.7. The number of nitrogens with one attached hydrogen (secondary N) is 1. The minimum absolute atomic E-state index is 0.0929. The van der Waals surface area contributed by atoms with E-state index in [0.717, 1.165) is 18.5 Å². The van der Waals surface area contributed by atoms with Crippen LogP contribution in [0.25, 0.3) is 0 Å². The molecule has 3 atom stereocenters. The van der Waals surface area contributed by atoms with E-state index in [1.807, 2.05) is 13.0 Å². The summed E-state index contributed by atoms with van der Waals surface area (Å²) >= 11 is 0. The van der Waals surface area contributed by atoms with Crippen LogP contribution in [0.5, 0.6) is 5.75 Å². The van der Waals surface area contributed by atoms with Gasteiger partial charge in [-0.3, -0.25) is 0 Å². The van der Waals surface area contributed by atoms with Crippen LogP contribution in [0.15, 0.2) is 18.2 Å². The van der Waals surface area contributed by atoms with Gasteiger partial charge in [-0.1, -0.05) is 12.5 Å². The van der Waals surface area contributed by atoms with E-state index in [-0.39, 0.29) is 24.2 Å². The Morgan fingerprint density at radius 3 is 2.80 bits per heavy atom. The van der Waals surface area contributed by atoms with Gasteiger partial charge in [-0.05, 0) is 55.8 Å². The van der Waals surface area contributed by atoms with Crippen LogP contribution < -0.4 is 10.1 Å². The molecule has 4 heteroatoms. The van der Waals surface area contributed by atoms with Crippen molar-refractivity contribution < 1.29 is 14.2 Å². The first-order valence-electron chi connectivity index (χ1n) is 7.33. The van der Waals surface area contributed by atoms with Gasteiger partial charge in [-0.25, -0.2) is 4.39 Å². The zero-order valence-electron chi connectivity index (χ0n) is 12.2. The van der Waals surface area contributed by atoms with Crippen LogP contribution in [0.2, 0.25) is 0 Å². The van der Waals surface area contributed by atoms with Crippen LogP contribution in [-0.2, 0) is 0 Å². The lowest BCUT2D eigenvalue weighted by molar-refractivity contribution is 0.190. The maximum absolute atomic E-state index is 13.7. The molecule has 0 aromatic heterocycles. The van der Waals surface area contributed by atoms with Crippen LogP contribution in [-0.4, -0.2) is 25.4 Å². The Morgan fingerprint density at radius 1 is 1.40 bits per heavy atom. The largest absolute Gasteiger partial charge is 0.494 e. The molecule has 0 saturated heterocycles. The highest BCUT2D eigenvalue weighted by atomic mass is 19.1. The Bertz CT molecular complexity index is 438. The molecule has 2 N–H and O–H groups in total. The lowest BCUT2D eigenvalue weighted by Gasteiger charge is -2.21. The highest BCUT2D eigenvalue weighted by Gasteiger charge is 2.26. The number of aliphatic hydroxyl groups excluding tert-OH is 1. The SMILES string of the molecule is COc1ccc(C(C)NCC2CCCC2CO)cc1F. The Balaban J connectivity index is 1.91. The van der Waals surface area contributed by atoms with Gasteiger partial charge in [0.2, 0.25) is 0 Å². The quantitative estimate of drug-likeness (QED) is 0.842. The van der Waals surface area contributed by atoms with Gasteiger partial charge in [0.15, 0.2) is 11.6 Å². The van der Waals surface area contributed by atoms with Gasteiger partial charge in [0.05, 0.1) is 7.11 Å². The number of hydrogen-bond acceptors (Lipinski definition) is 3. The Kier molecular flexibility index (Phi) is 5.38. The molecule has 1 aliphatic rings. The van der Waals surface area contributed by atoms with Crippen LogP contribution in [0.4, 0.5) is 4.39 Å². The first kappa shape index (κ1) is 15.3. The van der Waals surface area contributed by atoms with Gasteiger partial charge < -0.3 is 15.2 Å². The lowest BCUT2D eigenvalue weighted by atomic mass is 9.96. The second kappa shape index (κ2) is 7.04. The van der Waals surface area contributed by atoms with E-state index >= 15 is 0 Å². The number of hydrogen-bond donors (Lipinski definition) is 2. The van der Waals surface area contributed by atoms with Crippen molar-refractivity contribution in [2.45, 2.75) is 32.2 Å². The summed E-state index contributed by atoms with van der Waals surface area (Å²) in [4.78, 5) is 0. The lowest BCUT2D eigenvalue weighted by Crippen LogP contribution is -2.28. The molecule has 1 aromatic rings. The van der Waals surface area contributed by atoms with Crippen LogP contribution in [0.1, 0.15) is 37.8 Å². The molecule has 112 valence electrons. The number of methoxy groups -OCH3 is 1. The molecule has 0 heterocycles.